The molecule has 1 fully saturated rings. The second-order valence-corrected chi connectivity index (χ2v) is 6.70. The summed E-state index contributed by atoms with van der Waals surface area (Å²) >= 11 is 1.91. The number of aromatic nitrogens is 1. The van der Waals surface area contributed by atoms with E-state index in [2.05, 4.69) is 17.3 Å². The minimum atomic E-state index is 0.0530. The fraction of sp³-hybridized carbons (Fsp3) is 0.333. The smallest absolute Gasteiger partial charge is 0.254 e. The van der Waals surface area contributed by atoms with Crippen molar-refractivity contribution < 1.29 is 4.79 Å². The Hall–Kier alpha value is -1.79. The van der Waals surface area contributed by atoms with Crippen molar-refractivity contribution in [3.63, 3.8) is 0 Å². The molecule has 110 valence electrons. The van der Waals surface area contributed by atoms with Gasteiger partial charge in [0.25, 0.3) is 5.91 Å². The van der Waals surface area contributed by atoms with Crippen LogP contribution in [-0.4, -0.2) is 39.9 Å². The van der Waals surface area contributed by atoms with E-state index in [0.717, 1.165) is 29.7 Å². The summed E-state index contributed by atoms with van der Waals surface area (Å²) in [5.41, 5.74) is 3.97. The average molecular weight is 302 g/mol. The van der Waals surface area contributed by atoms with Gasteiger partial charge in [0.1, 0.15) is 5.82 Å². The van der Waals surface area contributed by atoms with Crippen LogP contribution in [-0.2, 0) is 0 Å². The lowest BCUT2D eigenvalue weighted by atomic mass is 10.1. The molecule has 0 spiro atoms. The van der Waals surface area contributed by atoms with Gasteiger partial charge < -0.3 is 10.3 Å². The van der Waals surface area contributed by atoms with E-state index in [0.29, 0.717) is 16.6 Å². The lowest BCUT2D eigenvalue weighted by Crippen LogP contribution is -2.41. The van der Waals surface area contributed by atoms with E-state index in [9.17, 15) is 4.79 Å². The first-order chi connectivity index (χ1) is 10.2. The third kappa shape index (κ3) is 2.82. The summed E-state index contributed by atoms with van der Waals surface area (Å²) in [5, 5.41) is 1.34. The van der Waals surface area contributed by atoms with Crippen LogP contribution in [0.1, 0.15) is 17.3 Å². The Morgan fingerprint density at radius 2 is 2.29 bits per heavy atom. The SMILES string of the molecule is CC1CN(C(=O)c2cc(NN)nc3ccccc23)CCS1. The number of para-hydroxylation sites is 1. The van der Waals surface area contributed by atoms with Crippen LogP contribution in [0.25, 0.3) is 10.9 Å². The first-order valence-electron chi connectivity index (χ1n) is 6.96. The van der Waals surface area contributed by atoms with E-state index in [1.807, 2.05) is 40.9 Å². The Morgan fingerprint density at radius 1 is 1.48 bits per heavy atom. The van der Waals surface area contributed by atoms with Crippen molar-refractivity contribution >= 4 is 34.4 Å². The van der Waals surface area contributed by atoms with Crippen LogP contribution in [0.5, 0.6) is 0 Å². The van der Waals surface area contributed by atoms with Gasteiger partial charge in [0.15, 0.2) is 0 Å². The summed E-state index contributed by atoms with van der Waals surface area (Å²) in [4.78, 5) is 19.2. The number of pyridine rings is 1. The number of carbonyl (C=O) groups excluding carboxylic acids is 1. The van der Waals surface area contributed by atoms with Crippen LogP contribution in [0, 0.1) is 0 Å². The predicted octanol–water partition coefficient (Wildman–Crippen LogP) is 2.10. The zero-order valence-electron chi connectivity index (χ0n) is 11.9. The molecule has 21 heavy (non-hydrogen) atoms. The van der Waals surface area contributed by atoms with Gasteiger partial charge in [-0.1, -0.05) is 25.1 Å². The first kappa shape index (κ1) is 14.2. The Labute approximate surface area is 127 Å². The molecule has 1 aromatic carbocycles. The highest BCUT2D eigenvalue weighted by Crippen LogP contribution is 2.24. The molecule has 1 aliphatic rings. The molecule has 1 aliphatic heterocycles. The van der Waals surface area contributed by atoms with Gasteiger partial charge in [0, 0.05) is 29.5 Å². The molecular weight excluding hydrogens is 284 g/mol. The summed E-state index contributed by atoms with van der Waals surface area (Å²) < 4.78 is 0. The van der Waals surface area contributed by atoms with E-state index in [1.165, 1.54) is 0 Å². The van der Waals surface area contributed by atoms with Crippen molar-refractivity contribution in [1.29, 1.82) is 0 Å². The zero-order chi connectivity index (χ0) is 14.8. The van der Waals surface area contributed by atoms with Gasteiger partial charge in [-0.25, -0.2) is 10.8 Å². The highest BCUT2D eigenvalue weighted by atomic mass is 32.2. The maximum Gasteiger partial charge on any atom is 0.254 e. The van der Waals surface area contributed by atoms with E-state index in [1.54, 1.807) is 6.07 Å². The zero-order valence-corrected chi connectivity index (χ0v) is 12.7. The third-order valence-electron chi connectivity index (χ3n) is 3.62. The molecule has 0 bridgehead atoms. The lowest BCUT2D eigenvalue weighted by molar-refractivity contribution is 0.0765. The summed E-state index contributed by atoms with van der Waals surface area (Å²) in [6.07, 6.45) is 0. The largest absolute Gasteiger partial charge is 0.337 e. The lowest BCUT2D eigenvalue weighted by Gasteiger charge is -2.31. The van der Waals surface area contributed by atoms with Crippen molar-refractivity contribution in [1.82, 2.24) is 9.88 Å². The Balaban J connectivity index is 2.04. The van der Waals surface area contributed by atoms with Gasteiger partial charge >= 0.3 is 0 Å². The monoisotopic (exact) mass is 302 g/mol. The number of carbonyl (C=O) groups is 1. The number of nitrogens with one attached hydrogen (secondary N) is 1. The third-order valence-corrected chi connectivity index (χ3v) is 4.76. The number of rotatable bonds is 2. The summed E-state index contributed by atoms with van der Waals surface area (Å²) in [5.74, 6) is 7.02. The molecule has 0 aliphatic carbocycles. The molecule has 1 unspecified atom stereocenters. The molecule has 5 nitrogen and oxygen atoms in total. The molecule has 3 N–H and O–H groups in total. The minimum absolute atomic E-state index is 0.0530. The van der Waals surface area contributed by atoms with Crippen molar-refractivity contribution in [2.45, 2.75) is 12.2 Å². The van der Waals surface area contributed by atoms with Gasteiger partial charge in [0.05, 0.1) is 11.1 Å². The summed E-state index contributed by atoms with van der Waals surface area (Å²) in [7, 11) is 0. The van der Waals surface area contributed by atoms with Crippen LogP contribution >= 0.6 is 11.8 Å². The van der Waals surface area contributed by atoms with E-state index in [-0.39, 0.29) is 5.91 Å². The van der Waals surface area contributed by atoms with Crippen LogP contribution < -0.4 is 11.3 Å². The number of thioether (sulfide) groups is 1. The topological polar surface area (TPSA) is 71.2 Å². The maximum absolute atomic E-state index is 12.8. The van der Waals surface area contributed by atoms with Crippen molar-refractivity contribution in [3.8, 4) is 0 Å². The van der Waals surface area contributed by atoms with Crippen LogP contribution in [0.4, 0.5) is 5.82 Å². The molecule has 2 heterocycles. The van der Waals surface area contributed by atoms with Gasteiger partial charge in [-0.15, -0.1) is 0 Å². The van der Waals surface area contributed by atoms with E-state index < -0.39 is 0 Å². The second kappa shape index (κ2) is 5.91. The second-order valence-electron chi connectivity index (χ2n) is 5.15. The number of fused-ring (bicyclic) bond motifs is 1. The van der Waals surface area contributed by atoms with Gasteiger partial charge in [-0.2, -0.15) is 11.8 Å². The Kier molecular flexibility index (Phi) is 3.98. The highest BCUT2D eigenvalue weighted by molar-refractivity contribution is 7.99. The fourth-order valence-electron chi connectivity index (χ4n) is 2.60. The van der Waals surface area contributed by atoms with Crippen molar-refractivity contribution in [2.24, 2.45) is 5.84 Å². The number of benzene rings is 1. The standard InChI is InChI=1S/C15H18N4OS/c1-10-9-19(6-7-21-10)15(20)12-8-14(18-16)17-13-5-3-2-4-11(12)13/h2-5,8,10H,6-7,9,16H2,1H3,(H,17,18). The Bertz CT molecular complexity index is 676. The normalized spacial score (nSPS) is 18.8. The number of hydrogen-bond acceptors (Lipinski definition) is 5. The van der Waals surface area contributed by atoms with Crippen LogP contribution in [0.15, 0.2) is 30.3 Å². The highest BCUT2D eigenvalue weighted by Gasteiger charge is 2.24. The predicted molar refractivity (Wildman–Crippen MR) is 87.4 cm³/mol. The molecule has 6 heteroatoms. The fourth-order valence-corrected chi connectivity index (χ4v) is 3.61. The molecule has 0 radical (unpaired) electrons. The number of nitrogens with zero attached hydrogens (tertiary/aromatic N) is 2. The number of hydrazine groups is 1. The van der Waals surface area contributed by atoms with Crippen molar-refractivity contribution in [2.75, 3.05) is 24.3 Å². The number of amides is 1. The Morgan fingerprint density at radius 3 is 3.05 bits per heavy atom. The first-order valence-corrected chi connectivity index (χ1v) is 8.01. The molecule has 1 saturated heterocycles. The number of hydrogen-bond donors (Lipinski definition) is 2. The molecule has 1 aromatic heterocycles. The van der Waals surface area contributed by atoms with Gasteiger partial charge in [-0.3, -0.25) is 4.79 Å². The number of anilines is 1. The molecule has 1 amide bonds. The van der Waals surface area contributed by atoms with E-state index in [4.69, 9.17) is 5.84 Å². The summed E-state index contributed by atoms with van der Waals surface area (Å²) in [6.45, 7) is 3.73. The minimum Gasteiger partial charge on any atom is -0.337 e. The molecule has 3 rings (SSSR count). The van der Waals surface area contributed by atoms with Gasteiger partial charge in [0.2, 0.25) is 0 Å². The average Bonchev–Trinajstić information content (AvgIpc) is 2.53. The van der Waals surface area contributed by atoms with Crippen LogP contribution in [0.3, 0.4) is 0 Å². The molecule has 0 saturated carbocycles. The van der Waals surface area contributed by atoms with Gasteiger partial charge in [-0.05, 0) is 12.1 Å². The summed E-state index contributed by atoms with van der Waals surface area (Å²) in [6, 6.07) is 9.38. The van der Waals surface area contributed by atoms with Crippen LogP contribution in [0.2, 0.25) is 0 Å². The van der Waals surface area contributed by atoms with Crippen molar-refractivity contribution in [3.05, 3.63) is 35.9 Å². The molecule has 1 atom stereocenters. The van der Waals surface area contributed by atoms with E-state index >= 15 is 0 Å². The molecule has 2 aromatic rings. The number of nitrogens with two attached hydrogens (primary N) is 1. The maximum atomic E-state index is 12.8. The quantitative estimate of drug-likeness (QED) is 0.656. The number of nitrogen functional groups attached to an aromatic ring is 1. The molecular formula is C15H18N4OS.